The van der Waals surface area contributed by atoms with Crippen LogP contribution in [0.2, 0.25) is 0 Å². The van der Waals surface area contributed by atoms with Crippen molar-refractivity contribution < 1.29 is 8.42 Å². The molecule has 0 atom stereocenters. The minimum absolute atomic E-state index is 0.221. The molecule has 0 amide bonds. The van der Waals surface area contributed by atoms with Gasteiger partial charge in [0.15, 0.2) is 0 Å². The summed E-state index contributed by atoms with van der Waals surface area (Å²) >= 11 is 0. The summed E-state index contributed by atoms with van der Waals surface area (Å²) in [5, 5.41) is 3.81. The maximum Gasteiger partial charge on any atom is 0.265 e. The molecular formula is C11H9N5O2S. The Balaban J connectivity index is 2.28. The average molecular weight is 275 g/mol. The van der Waals surface area contributed by atoms with Crippen LogP contribution in [0.15, 0.2) is 42.1 Å². The molecule has 19 heavy (non-hydrogen) atoms. The van der Waals surface area contributed by atoms with Crippen LogP contribution in [0.1, 0.15) is 0 Å². The number of nitrogens with zero attached hydrogens (tertiary/aromatic N) is 5. The Morgan fingerprint density at radius 1 is 1.11 bits per heavy atom. The van der Waals surface area contributed by atoms with Gasteiger partial charge in [0.25, 0.3) is 5.16 Å². The maximum atomic E-state index is 11.5. The second-order valence-corrected chi connectivity index (χ2v) is 5.87. The van der Waals surface area contributed by atoms with Gasteiger partial charge in [-0.3, -0.25) is 9.97 Å². The topological polar surface area (TPSA) is 90.1 Å². The van der Waals surface area contributed by atoms with Crippen LogP contribution in [0.25, 0.3) is 16.9 Å². The number of fused-ring (bicyclic) bond motifs is 1. The van der Waals surface area contributed by atoms with Gasteiger partial charge in [-0.05, 0) is 12.1 Å². The van der Waals surface area contributed by atoms with E-state index in [-0.39, 0.29) is 5.16 Å². The summed E-state index contributed by atoms with van der Waals surface area (Å²) in [4.78, 5) is 12.0. The van der Waals surface area contributed by atoms with E-state index in [1.807, 2.05) is 0 Å². The second kappa shape index (κ2) is 4.09. The molecule has 0 aliphatic heterocycles. The lowest BCUT2D eigenvalue weighted by Gasteiger charge is -2.02. The van der Waals surface area contributed by atoms with Gasteiger partial charge in [-0.25, -0.2) is 17.9 Å². The van der Waals surface area contributed by atoms with Crippen molar-refractivity contribution in [1.82, 2.24) is 24.6 Å². The van der Waals surface area contributed by atoms with Crippen molar-refractivity contribution in [1.29, 1.82) is 0 Å². The van der Waals surface area contributed by atoms with Crippen LogP contribution in [0.4, 0.5) is 0 Å². The lowest BCUT2D eigenvalue weighted by molar-refractivity contribution is 0.587. The summed E-state index contributed by atoms with van der Waals surface area (Å²) in [6.07, 6.45) is 7.25. The molecule has 0 aliphatic rings. The van der Waals surface area contributed by atoms with E-state index in [1.54, 1.807) is 30.7 Å². The number of aromatic nitrogens is 5. The normalized spacial score (nSPS) is 11.8. The van der Waals surface area contributed by atoms with Gasteiger partial charge < -0.3 is 0 Å². The standard InChI is InChI=1S/C11H9N5O2S/c1-19(17,18)11-14-6-8-2-3-10(16(8)15-11)9-7-12-4-5-13-9/h2-7H,1H3. The molecule has 0 aromatic carbocycles. The molecule has 0 saturated heterocycles. The first-order valence-electron chi connectivity index (χ1n) is 5.37. The molecule has 0 fully saturated rings. The van der Waals surface area contributed by atoms with Gasteiger partial charge in [0.1, 0.15) is 5.69 Å². The monoisotopic (exact) mass is 275 g/mol. The fraction of sp³-hybridized carbons (Fsp3) is 0.0909. The highest BCUT2D eigenvalue weighted by Gasteiger charge is 2.14. The summed E-state index contributed by atoms with van der Waals surface area (Å²) in [7, 11) is -3.45. The highest BCUT2D eigenvalue weighted by Crippen LogP contribution is 2.18. The summed E-state index contributed by atoms with van der Waals surface area (Å²) < 4.78 is 24.5. The lowest BCUT2D eigenvalue weighted by atomic mass is 10.3. The van der Waals surface area contributed by atoms with E-state index >= 15 is 0 Å². The highest BCUT2D eigenvalue weighted by atomic mass is 32.2. The smallest absolute Gasteiger partial charge is 0.261 e. The number of sulfone groups is 1. The maximum absolute atomic E-state index is 11.5. The van der Waals surface area contributed by atoms with Gasteiger partial charge in [0, 0.05) is 18.6 Å². The fourth-order valence-electron chi connectivity index (χ4n) is 1.68. The van der Waals surface area contributed by atoms with Gasteiger partial charge in [-0.2, -0.15) is 0 Å². The molecule has 3 rings (SSSR count). The van der Waals surface area contributed by atoms with Gasteiger partial charge >= 0.3 is 0 Å². The molecule has 3 heterocycles. The molecule has 0 aliphatic carbocycles. The largest absolute Gasteiger partial charge is 0.265 e. The van der Waals surface area contributed by atoms with Crippen LogP contribution in [0.3, 0.4) is 0 Å². The molecule has 0 N–H and O–H groups in total. The summed E-state index contributed by atoms with van der Waals surface area (Å²) in [6, 6.07) is 3.58. The Labute approximate surface area is 108 Å². The van der Waals surface area contributed by atoms with Crippen molar-refractivity contribution in [3.05, 3.63) is 36.9 Å². The zero-order valence-electron chi connectivity index (χ0n) is 9.92. The summed E-state index contributed by atoms with van der Waals surface area (Å²) in [5.41, 5.74) is 1.96. The number of rotatable bonds is 2. The first kappa shape index (κ1) is 11.7. The van der Waals surface area contributed by atoms with Crippen molar-refractivity contribution in [2.24, 2.45) is 0 Å². The quantitative estimate of drug-likeness (QED) is 0.680. The van der Waals surface area contributed by atoms with Crippen molar-refractivity contribution >= 4 is 15.4 Å². The zero-order valence-corrected chi connectivity index (χ0v) is 10.7. The molecule has 3 aromatic heterocycles. The molecule has 8 heteroatoms. The SMILES string of the molecule is CS(=O)(=O)c1ncc2ccc(-c3cnccn3)n2n1. The molecule has 7 nitrogen and oxygen atoms in total. The first-order valence-corrected chi connectivity index (χ1v) is 7.26. The zero-order chi connectivity index (χ0) is 13.5. The molecule has 0 saturated carbocycles. The van der Waals surface area contributed by atoms with Gasteiger partial charge in [0.2, 0.25) is 9.84 Å². The van der Waals surface area contributed by atoms with Crippen molar-refractivity contribution in [2.45, 2.75) is 5.16 Å². The van der Waals surface area contributed by atoms with E-state index < -0.39 is 9.84 Å². The third-order valence-corrected chi connectivity index (χ3v) is 3.39. The van der Waals surface area contributed by atoms with E-state index in [0.717, 1.165) is 6.26 Å². The Hall–Kier alpha value is -2.35. The van der Waals surface area contributed by atoms with Crippen molar-refractivity contribution in [3.63, 3.8) is 0 Å². The molecule has 0 unspecified atom stereocenters. The molecule has 3 aromatic rings. The molecular weight excluding hydrogens is 266 g/mol. The summed E-state index contributed by atoms with van der Waals surface area (Å²) in [5.74, 6) is 0. The molecule has 0 spiro atoms. The number of hydrogen-bond acceptors (Lipinski definition) is 6. The Morgan fingerprint density at radius 3 is 2.63 bits per heavy atom. The highest BCUT2D eigenvalue weighted by molar-refractivity contribution is 7.90. The molecule has 96 valence electrons. The predicted molar refractivity (Wildman–Crippen MR) is 67.1 cm³/mol. The third kappa shape index (κ3) is 2.06. The minimum atomic E-state index is -3.45. The van der Waals surface area contributed by atoms with E-state index in [4.69, 9.17) is 0 Å². The lowest BCUT2D eigenvalue weighted by Crippen LogP contribution is -2.08. The van der Waals surface area contributed by atoms with Crippen LogP contribution in [-0.4, -0.2) is 39.2 Å². The minimum Gasteiger partial charge on any atom is -0.261 e. The first-order chi connectivity index (χ1) is 9.05. The van der Waals surface area contributed by atoms with Crippen LogP contribution in [0, 0.1) is 0 Å². The predicted octanol–water partition coefficient (Wildman–Crippen LogP) is 0.590. The van der Waals surface area contributed by atoms with Gasteiger partial charge in [-0.15, -0.1) is 5.10 Å². The Kier molecular flexibility index (Phi) is 2.53. The molecule has 0 radical (unpaired) electrons. The summed E-state index contributed by atoms with van der Waals surface area (Å²) in [6.45, 7) is 0. The third-order valence-electron chi connectivity index (χ3n) is 2.53. The number of hydrogen-bond donors (Lipinski definition) is 0. The van der Waals surface area contributed by atoms with Gasteiger partial charge in [-0.1, -0.05) is 0 Å². The van der Waals surface area contributed by atoms with Crippen LogP contribution >= 0.6 is 0 Å². The Morgan fingerprint density at radius 2 is 1.95 bits per heavy atom. The molecule has 0 bridgehead atoms. The van der Waals surface area contributed by atoms with Gasteiger partial charge in [0.05, 0.1) is 23.6 Å². The van der Waals surface area contributed by atoms with E-state index in [2.05, 4.69) is 20.1 Å². The van der Waals surface area contributed by atoms with E-state index in [9.17, 15) is 8.42 Å². The fourth-order valence-corrected chi connectivity index (χ4v) is 2.16. The average Bonchev–Trinajstić information content (AvgIpc) is 2.81. The van der Waals surface area contributed by atoms with Crippen LogP contribution < -0.4 is 0 Å². The second-order valence-electron chi connectivity index (χ2n) is 3.96. The van der Waals surface area contributed by atoms with Crippen molar-refractivity contribution in [2.75, 3.05) is 6.26 Å². The van der Waals surface area contributed by atoms with Crippen LogP contribution in [-0.2, 0) is 9.84 Å². The van der Waals surface area contributed by atoms with E-state index in [1.165, 1.54) is 10.7 Å². The Bertz CT molecular complexity index is 842. The van der Waals surface area contributed by atoms with Crippen LogP contribution in [0.5, 0.6) is 0 Å². The van der Waals surface area contributed by atoms with Crippen molar-refractivity contribution in [3.8, 4) is 11.4 Å². The van der Waals surface area contributed by atoms with E-state index in [0.29, 0.717) is 16.9 Å².